The van der Waals surface area contributed by atoms with Gasteiger partial charge in [0.25, 0.3) is 0 Å². The van der Waals surface area contributed by atoms with Crippen LogP contribution in [0.5, 0.6) is 5.88 Å². The van der Waals surface area contributed by atoms with Crippen LogP contribution in [0.15, 0.2) is 73.1 Å². The maximum atomic E-state index is 13.7. The molecule has 0 bridgehead atoms. The van der Waals surface area contributed by atoms with Gasteiger partial charge in [-0.1, -0.05) is 31.5 Å². The number of nitrogens with zero attached hydrogens (tertiary/aromatic N) is 5. The van der Waals surface area contributed by atoms with E-state index in [1.54, 1.807) is 24.5 Å². The Morgan fingerprint density at radius 1 is 1.00 bits per heavy atom. The van der Waals surface area contributed by atoms with E-state index in [1.807, 2.05) is 30.3 Å². The number of pyridine rings is 1. The van der Waals surface area contributed by atoms with E-state index >= 15 is 0 Å². The highest BCUT2D eigenvalue weighted by Crippen LogP contribution is 2.39. The second-order valence-corrected chi connectivity index (χ2v) is 9.49. The highest BCUT2D eigenvalue weighted by Gasteiger charge is 2.31. The zero-order valence-electron chi connectivity index (χ0n) is 21.3. The van der Waals surface area contributed by atoms with Crippen LogP contribution in [0.4, 0.5) is 10.3 Å². The summed E-state index contributed by atoms with van der Waals surface area (Å²) >= 11 is 0. The van der Waals surface area contributed by atoms with Crippen molar-refractivity contribution >= 4 is 16.7 Å². The van der Waals surface area contributed by atoms with Crippen LogP contribution in [0, 0.1) is 5.82 Å². The molecule has 0 radical (unpaired) electrons. The predicted octanol–water partition coefficient (Wildman–Crippen LogP) is 6.47. The van der Waals surface area contributed by atoms with E-state index < -0.39 is 0 Å². The summed E-state index contributed by atoms with van der Waals surface area (Å²) in [5.74, 6) is 1.90. The Bertz CT molecular complexity index is 1560. The Morgan fingerprint density at radius 2 is 1.84 bits per heavy atom. The third-order valence-corrected chi connectivity index (χ3v) is 6.93. The van der Waals surface area contributed by atoms with Crippen LogP contribution < -0.4 is 10.1 Å². The van der Waals surface area contributed by atoms with E-state index in [4.69, 9.17) is 14.7 Å². The number of rotatable bonds is 9. The zero-order chi connectivity index (χ0) is 25.9. The molecule has 5 aromatic rings. The Labute approximate surface area is 220 Å². The standard InChI is InChI=1S/C30H29FN6O/c1-2-3-16-33-30-34-18-15-25(35-30)28-27(21-8-10-22(31)11-9-21)36-26-13-12-23(37(26)28)19-38-29-24-7-5-4-6-20(24)14-17-32-29/h4-11,14-15,17-18,23H,2-3,12-13,16,19H2,1H3,(H,33,34,35). The zero-order valence-corrected chi connectivity index (χ0v) is 21.3. The highest BCUT2D eigenvalue weighted by molar-refractivity contribution is 5.86. The molecule has 6 rings (SSSR count). The van der Waals surface area contributed by atoms with Crippen LogP contribution in [0.3, 0.4) is 0 Å². The SMILES string of the molecule is CCCCNc1nccc(-c2c(-c3ccc(F)cc3)nc3n2C(COc2nccc4ccccc24)CC3)n1. The van der Waals surface area contributed by atoms with Gasteiger partial charge in [-0.25, -0.2) is 24.3 Å². The summed E-state index contributed by atoms with van der Waals surface area (Å²) in [6, 6.07) is 18.5. The summed E-state index contributed by atoms with van der Waals surface area (Å²) < 4.78 is 22.3. The summed E-state index contributed by atoms with van der Waals surface area (Å²) in [4.78, 5) is 18.8. The first-order chi connectivity index (χ1) is 18.7. The molecule has 8 heteroatoms. The normalized spacial score (nSPS) is 14.5. The fourth-order valence-electron chi connectivity index (χ4n) is 5.02. The van der Waals surface area contributed by atoms with Crippen molar-refractivity contribution in [2.45, 2.75) is 38.6 Å². The number of hydrogen-bond donors (Lipinski definition) is 1. The lowest BCUT2D eigenvalue weighted by molar-refractivity contribution is 0.250. The number of halogens is 1. The number of unbranched alkanes of at least 4 members (excludes halogenated alkanes) is 1. The van der Waals surface area contributed by atoms with Gasteiger partial charge in [-0.2, -0.15) is 0 Å². The number of aromatic nitrogens is 5. The monoisotopic (exact) mass is 508 g/mol. The second kappa shape index (κ2) is 10.6. The molecule has 0 fully saturated rings. The molecule has 1 aliphatic heterocycles. The maximum absolute atomic E-state index is 13.7. The largest absolute Gasteiger partial charge is 0.475 e. The molecule has 1 atom stereocenters. The van der Waals surface area contributed by atoms with Crippen LogP contribution in [0.25, 0.3) is 33.4 Å². The average Bonchev–Trinajstić information content (AvgIpc) is 3.52. The van der Waals surface area contributed by atoms with Gasteiger partial charge in [-0.05, 0) is 60.7 Å². The van der Waals surface area contributed by atoms with Crippen molar-refractivity contribution in [1.82, 2.24) is 24.5 Å². The van der Waals surface area contributed by atoms with Gasteiger partial charge in [0.15, 0.2) is 0 Å². The van der Waals surface area contributed by atoms with Crippen molar-refractivity contribution < 1.29 is 9.13 Å². The quantitative estimate of drug-likeness (QED) is 0.230. The molecule has 0 amide bonds. The Balaban J connectivity index is 1.38. The Morgan fingerprint density at radius 3 is 2.71 bits per heavy atom. The van der Waals surface area contributed by atoms with E-state index in [-0.39, 0.29) is 11.9 Å². The van der Waals surface area contributed by atoms with Crippen molar-refractivity contribution in [2.75, 3.05) is 18.5 Å². The number of nitrogens with one attached hydrogen (secondary N) is 1. The number of imidazole rings is 1. The van der Waals surface area contributed by atoms with E-state index in [0.29, 0.717) is 18.4 Å². The maximum Gasteiger partial charge on any atom is 0.223 e. The number of fused-ring (bicyclic) bond motifs is 2. The minimum absolute atomic E-state index is 0.0499. The molecule has 192 valence electrons. The lowest BCUT2D eigenvalue weighted by Gasteiger charge is -2.18. The molecule has 0 saturated carbocycles. The van der Waals surface area contributed by atoms with Crippen LogP contribution in [-0.2, 0) is 6.42 Å². The topological polar surface area (TPSA) is 77.8 Å². The number of anilines is 1. The summed E-state index contributed by atoms with van der Waals surface area (Å²) in [6.45, 7) is 3.41. The predicted molar refractivity (Wildman–Crippen MR) is 147 cm³/mol. The van der Waals surface area contributed by atoms with E-state index in [1.165, 1.54) is 12.1 Å². The fourth-order valence-corrected chi connectivity index (χ4v) is 5.02. The Kier molecular flexibility index (Phi) is 6.69. The van der Waals surface area contributed by atoms with Gasteiger partial charge < -0.3 is 14.6 Å². The smallest absolute Gasteiger partial charge is 0.223 e. The van der Waals surface area contributed by atoms with Crippen molar-refractivity contribution in [2.24, 2.45) is 0 Å². The fraction of sp³-hybridized carbons (Fsp3) is 0.267. The molecule has 1 N–H and O–H groups in total. The minimum atomic E-state index is -0.277. The molecular formula is C30H29FN6O. The van der Waals surface area contributed by atoms with Crippen molar-refractivity contribution in [3.05, 3.63) is 84.7 Å². The molecule has 38 heavy (non-hydrogen) atoms. The number of ether oxygens (including phenoxy) is 1. The molecule has 3 aromatic heterocycles. The van der Waals surface area contributed by atoms with Gasteiger partial charge >= 0.3 is 0 Å². The van der Waals surface area contributed by atoms with Gasteiger partial charge in [0.05, 0.1) is 23.1 Å². The van der Waals surface area contributed by atoms with E-state index in [2.05, 4.69) is 32.8 Å². The molecule has 7 nitrogen and oxygen atoms in total. The van der Waals surface area contributed by atoms with Crippen LogP contribution in [-0.4, -0.2) is 37.7 Å². The van der Waals surface area contributed by atoms with Gasteiger partial charge in [0.1, 0.15) is 18.2 Å². The van der Waals surface area contributed by atoms with Crippen LogP contribution in [0.1, 0.15) is 38.1 Å². The first-order valence-electron chi connectivity index (χ1n) is 13.1. The third kappa shape index (κ3) is 4.69. The molecule has 0 saturated heterocycles. The van der Waals surface area contributed by atoms with Crippen LogP contribution in [0.2, 0.25) is 0 Å². The van der Waals surface area contributed by atoms with Gasteiger partial charge in [-0.3, -0.25) is 0 Å². The summed E-state index contributed by atoms with van der Waals surface area (Å²) in [7, 11) is 0. The molecule has 0 spiro atoms. The molecule has 1 unspecified atom stereocenters. The Hall–Kier alpha value is -4.33. The first-order valence-corrected chi connectivity index (χ1v) is 13.1. The third-order valence-electron chi connectivity index (χ3n) is 6.93. The van der Waals surface area contributed by atoms with Crippen molar-refractivity contribution in [1.29, 1.82) is 0 Å². The molecule has 1 aliphatic rings. The summed E-state index contributed by atoms with van der Waals surface area (Å²) in [5.41, 5.74) is 3.29. The number of benzene rings is 2. The van der Waals surface area contributed by atoms with Crippen molar-refractivity contribution in [3.8, 4) is 28.5 Å². The van der Waals surface area contributed by atoms with Crippen LogP contribution >= 0.6 is 0 Å². The lowest BCUT2D eigenvalue weighted by atomic mass is 10.1. The van der Waals surface area contributed by atoms with Gasteiger partial charge in [-0.15, -0.1) is 0 Å². The van der Waals surface area contributed by atoms with Gasteiger partial charge in [0.2, 0.25) is 11.8 Å². The van der Waals surface area contributed by atoms with Gasteiger partial charge in [0, 0.05) is 36.3 Å². The number of hydrogen-bond acceptors (Lipinski definition) is 6. The molecule has 2 aromatic carbocycles. The molecule has 0 aliphatic carbocycles. The highest BCUT2D eigenvalue weighted by atomic mass is 19.1. The molecule has 4 heterocycles. The molecular weight excluding hydrogens is 479 g/mol. The number of aryl methyl sites for hydroxylation is 1. The van der Waals surface area contributed by atoms with E-state index in [0.717, 1.165) is 71.5 Å². The summed E-state index contributed by atoms with van der Waals surface area (Å²) in [5, 5.41) is 5.41. The first kappa shape index (κ1) is 24.0. The lowest BCUT2D eigenvalue weighted by Crippen LogP contribution is -2.16. The van der Waals surface area contributed by atoms with E-state index in [9.17, 15) is 4.39 Å². The average molecular weight is 509 g/mol. The minimum Gasteiger partial charge on any atom is -0.475 e. The summed E-state index contributed by atoms with van der Waals surface area (Å²) in [6.07, 6.45) is 7.39. The van der Waals surface area contributed by atoms with Crippen molar-refractivity contribution in [3.63, 3.8) is 0 Å². The second-order valence-electron chi connectivity index (χ2n) is 9.49.